The van der Waals surface area contributed by atoms with Crippen LogP contribution >= 0.6 is 15.9 Å². The Morgan fingerprint density at radius 1 is 1.04 bits per heavy atom. The minimum absolute atomic E-state index is 0.193. The Labute approximate surface area is 171 Å². The van der Waals surface area contributed by atoms with Gasteiger partial charge in [0.05, 0.1) is 22.8 Å². The van der Waals surface area contributed by atoms with Gasteiger partial charge in [-0.1, -0.05) is 40.2 Å². The summed E-state index contributed by atoms with van der Waals surface area (Å²) >= 11 is 3.44. The molecule has 2 heterocycles. The normalized spacial score (nSPS) is 14.1. The lowest BCUT2D eigenvalue weighted by atomic mass is 10.0. The molecule has 8 heteroatoms. The molecule has 142 valence electrons. The van der Waals surface area contributed by atoms with Gasteiger partial charge in [0, 0.05) is 21.8 Å². The van der Waals surface area contributed by atoms with Gasteiger partial charge in [-0.25, -0.2) is 8.42 Å². The van der Waals surface area contributed by atoms with Gasteiger partial charge in [-0.3, -0.25) is 14.1 Å². The summed E-state index contributed by atoms with van der Waals surface area (Å²) in [6.07, 6.45) is 1.64. The Kier molecular flexibility index (Phi) is 4.91. The average Bonchev–Trinajstić information content (AvgIpc) is 2.71. The molecule has 0 unspecified atom stereocenters. The van der Waals surface area contributed by atoms with E-state index in [0.717, 1.165) is 14.3 Å². The number of benzene rings is 2. The molecule has 0 spiro atoms. The summed E-state index contributed by atoms with van der Waals surface area (Å²) in [5.41, 5.74) is 2.57. The van der Waals surface area contributed by atoms with Crippen molar-refractivity contribution in [3.63, 3.8) is 0 Å². The molecule has 28 heavy (non-hydrogen) atoms. The fraction of sp³-hybridized carbons (Fsp3) is 0.100. The van der Waals surface area contributed by atoms with Crippen LogP contribution in [0.25, 0.3) is 11.1 Å². The number of hydrogen-bond acceptors (Lipinski definition) is 4. The monoisotopic (exact) mass is 457 g/mol. The molecule has 2 aromatic carbocycles. The van der Waals surface area contributed by atoms with E-state index in [1.807, 2.05) is 12.1 Å². The maximum atomic E-state index is 13.2. The molecule has 0 radical (unpaired) electrons. The average molecular weight is 458 g/mol. The SMILES string of the molecule is O=C(CN1c2ccc(Br)cc2-c2ccccc2S1(=O)=O)NCc1ccccn1. The smallest absolute Gasteiger partial charge is 0.265 e. The number of amides is 1. The number of rotatable bonds is 4. The molecule has 1 aromatic heterocycles. The van der Waals surface area contributed by atoms with Crippen LogP contribution in [0.5, 0.6) is 0 Å². The second kappa shape index (κ2) is 7.37. The summed E-state index contributed by atoms with van der Waals surface area (Å²) in [5, 5.41) is 2.73. The number of halogens is 1. The number of nitrogens with one attached hydrogen (secondary N) is 1. The standard InChI is InChI=1S/C20H16BrN3O3S/c21-14-8-9-18-17(11-14)16-6-1-2-7-19(16)28(26,27)24(18)13-20(25)23-12-15-5-3-4-10-22-15/h1-11H,12-13H2,(H,23,25). The first-order chi connectivity index (χ1) is 13.5. The molecule has 1 amide bonds. The number of hydrogen-bond donors (Lipinski definition) is 1. The third-order valence-corrected chi connectivity index (χ3v) is 6.76. The zero-order valence-electron chi connectivity index (χ0n) is 14.7. The summed E-state index contributed by atoms with van der Waals surface area (Å²) in [6.45, 7) is -0.0739. The lowest BCUT2D eigenvalue weighted by Gasteiger charge is -2.31. The van der Waals surface area contributed by atoms with Crippen molar-refractivity contribution in [1.29, 1.82) is 0 Å². The maximum absolute atomic E-state index is 13.2. The van der Waals surface area contributed by atoms with Crippen molar-refractivity contribution in [2.75, 3.05) is 10.8 Å². The van der Waals surface area contributed by atoms with E-state index < -0.39 is 15.9 Å². The van der Waals surface area contributed by atoms with Crippen molar-refractivity contribution in [3.8, 4) is 11.1 Å². The molecule has 1 aliphatic heterocycles. The van der Waals surface area contributed by atoms with E-state index in [-0.39, 0.29) is 18.0 Å². The van der Waals surface area contributed by atoms with Gasteiger partial charge in [-0.05, 0) is 36.4 Å². The number of nitrogens with zero attached hydrogens (tertiary/aromatic N) is 2. The lowest BCUT2D eigenvalue weighted by Crippen LogP contribution is -2.42. The third kappa shape index (κ3) is 3.41. The second-order valence-corrected chi connectivity index (χ2v) is 9.01. The Morgan fingerprint density at radius 3 is 2.61 bits per heavy atom. The molecule has 0 fully saturated rings. The zero-order valence-corrected chi connectivity index (χ0v) is 17.1. The number of carbonyl (C=O) groups excluding carboxylic acids is 1. The summed E-state index contributed by atoms with van der Waals surface area (Å²) < 4.78 is 28.4. The van der Waals surface area contributed by atoms with Gasteiger partial charge >= 0.3 is 0 Å². The van der Waals surface area contributed by atoms with E-state index in [4.69, 9.17) is 0 Å². The fourth-order valence-corrected chi connectivity index (χ4v) is 5.16. The summed E-state index contributed by atoms with van der Waals surface area (Å²) in [7, 11) is -3.85. The van der Waals surface area contributed by atoms with Crippen molar-refractivity contribution in [2.45, 2.75) is 11.4 Å². The number of carbonyl (C=O) groups is 1. The van der Waals surface area contributed by atoms with Crippen molar-refractivity contribution in [1.82, 2.24) is 10.3 Å². The van der Waals surface area contributed by atoms with Crippen LogP contribution in [0.3, 0.4) is 0 Å². The first kappa shape index (κ1) is 18.6. The number of pyridine rings is 1. The molecule has 1 aliphatic rings. The van der Waals surface area contributed by atoms with Crippen molar-refractivity contribution in [3.05, 3.63) is 77.0 Å². The first-order valence-corrected chi connectivity index (χ1v) is 10.8. The maximum Gasteiger partial charge on any atom is 0.265 e. The van der Waals surface area contributed by atoms with Gasteiger partial charge < -0.3 is 5.32 Å². The van der Waals surface area contributed by atoms with Crippen LogP contribution in [0.15, 0.2) is 76.2 Å². The first-order valence-electron chi connectivity index (χ1n) is 8.55. The highest BCUT2D eigenvalue weighted by atomic mass is 79.9. The van der Waals surface area contributed by atoms with E-state index in [2.05, 4.69) is 26.2 Å². The van der Waals surface area contributed by atoms with Gasteiger partial charge in [0.1, 0.15) is 6.54 Å². The number of anilines is 1. The molecule has 0 aliphatic carbocycles. The molecule has 0 saturated heterocycles. The molecule has 1 N–H and O–H groups in total. The quantitative estimate of drug-likeness (QED) is 0.651. The Hall–Kier alpha value is -2.71. The zero-order chi connectivity index (χ0) is 19.7. The van der Waals surface area contributed by atoms with E-state index in [0.29, 0.717) is 16.9 Å². The highest BCUT2D eigenvalue weighted by Gasteiger charge is 2.35. The van der Waals surface area contributed by atoms with E-state index in [1.165, 1.54) is 0 Å². The summed E-state index contributed by atoms with van der Waals surface area (Å²) in [6, 6.07) is 17.6. The second-order valence-electron chi connectivity index (χ2n) is 6.27. The van der Waals surface area contributed by atoms with Gasteiger partial charge in [0.15, 0.2) is 0 Å². The Morgan fingerprint density at radius 2 is 1.82 bits per heavy atom. The topological polar surface area (TPSA) is 79.4 Å². The number of fused-ring (bicyclic) bond motifs is 3. The van der Waals surface area contributed by atoms with Gasteiger partial charge in [-0.2, -0.15) is 0 Å². The lowest BCUT2D eigenvalue weighted by molar-refractivity contribution is -0.119. The van der Waals surface area contributed by atoms with Crippen LogP contribution in [-0.2, 0) is 21.4 Å². The molecule has 6 nitrogen and oxygen atoms in total. The number of sulfonamides is 1. The third-order valence-electron chi connectivity index (χ3n) is 4.45. The van der Waals surface area contributed by atoms with Crippen molar-refractivity contribution in [2.24, 2.45) is 0 Å². The van der Waals surface area contributed by atoms with Gasteiger partial charge in [0.25, 0.3) is 10.0 Å². The molecule has 0 atom stereocenters. The summed E-state index contributed by atoms with van der Waals surface area (Å²) in [5.74, 6) is -0.400. The molecule has 3 aromatic rings. The minimum Gasteiger partial charge on any atom is -0.349 e. The van der Waals surface area contributed by atoms with Crippen LogP contribution in [-0.4, -0.2) is 25.9 Å². The Bertz CT molecular complexity index is 1150. The van der Waals surface area contributed by atoms with Gasteiger partial charge in [0.2, 0.25) is 5.91 Å². The van der Waals surface area contributed by atoms with Crippen LogP contribution in [0.4, 0.5) is 5.69 Å². The molecular formula is C20H16BrN3O3S. The summed E-state index contributed by atoms with van der Waals surface area (Å²) in [4.78, 5) is 16.8. The van der Waals surface area contributed by atoms with E-state index >= 15 is 0 Å². The van der Waals surface area contributed by atoms with Crippen LogP contribution in [0.1, 0.15) is 5.69 Å². The minimum atomic E-state index is -3.85. The van der Waals surface area contributed by atoms with Crippen molar-refractivity contribution >= 4 is 37.5 Å². The molecular weight excluding hydrogens is 442 g/mol. The predicted octanol–water partition coefficient (Wildman–Crippen LogP) is 3.34. The molecule has 0 bridgehead atoms. The van der Waals surface area contributed by atoms with Gasteiger partial charge in [-0.15, -0.1) is 0 Å². The largest absolute Gasteiger partial charge is 0.349 e. The predicted molar refractivity (Wildman–Crippen MR) is 110 cm³/mol. The highest BCUT2D eigenvalue weighted by Crippen LogP contribution is 2.43. The Balaban J connectivity index is 1.66. The van der Waals surface area contributed by atoms with E-state index in [1.54, 1.807) is 54.7 Å². The molecule has 0 saturated carbocycles. The van der Waals surface area contributed by atoms with E-state index in [9.17, 15) is 13.2 Å². The number of aromatic nitrogens is 1. The highest BCUT2D eigenvalue weighted by molar-refractivity contribution is 9.10. The van der Waals surface area contributed by atoms with Crippen molar-refractivity contribution < 1.29 is 13.2 Å². The van der Waals surface area contributed by atoms with Crippen LogP contribution < -0.4 is 9.62 Å². The van der Waals surface area contributed by atoms with Crippen LogP contribution in [0.2, 0.25) is 0 Å². The fourth-order valence-electron chi connectivity index (χ4n) is 3.15. The molecule has 4 rings (SSSR count). The van der Waals surface area contributed by atoms with Crippen LogP contribution in [0, 0.1) is 0 Å².